The lowest BCUT2D eigenvalue weighted by molar-refractivity contribution is 0.211. The van der Waals surface area contributed by atoms with Gasteiger partial charge < -0.3 is 5.73 Å². The van der Waals surface area contributed by atoms with Gasteiger partial charge in [0.1, 0.15) is 0 Å². The summed E-state index contributed by atoms with van der Waals surface area (Å²) in [5, 5.41) is 0. The van der Waals surface area contributed by atoms with Gasteiger partial charge in [0.05, 0.1) is 5.75 Å². The van der Waals surface area contributed by atoms with Gasteiger partial charge in [-0.1, -0.05) is 13.8 Å². The van der Waals surface area contributed by atoms with E-state index in [1.165, 1.54) is 0 Å². The Balaban J connectivity index is 2.75. The molecule has 0 aromatic heterocycles. The Morgan fingerprint density at radius 1 is 1.47 bits per heavy atom. The van der Waals surface area contributed by atoms with Crippen molar-refractivity contribution < 1.29 is 8.42 Å². The molecule has 1 heterocycles. The van der Waals surface area contributed by atoms with Gasteiger partial charge in [-0.2, -0.15) is 4.31 Å². The number of hydrogen-bond donors (Lipinski definition) is 1. The van der Waals surface area contributed by atoms with Crippen molar-refractivity contribution >= 4 is 10.0 Å². The zero-order valence-electron chi connectivity index (χ0n) is 9.65. The Bertz CT molecular complexity index is 290. The SMILES string of the molecule is CCCS(=O)(=O)N1CCC(C)CC1CN. The highest BCUT2D eigenvalue weighted by Crippen LogP contribution is 2.24. The summed E-state index contributed by atoms with van der Waals surface area (Å²) in [6, 6.07) is 0.0188. The Morgan fingerprint density at radius 2 is 2.13 bits per heavy atom. The number of piperidine rings is 1. The minimum Gasteiger partial charge on any atom is -0.329 e. The summed E-state index contributed by atoms with van der Waals surface area (Å²) in [6.07, 6.45) is 2.53. The lowest BCUT2D eigenvalue weighted by Crippen LogP contribution is -2.49. The van der Waals surface area contributed by atoms with Crippen molar-refractivity contribution in [3.63, 3.8) is 0 Å². The number of nitrogens with zero attached hydrogens (tertiary/aromatic N) is 1. The maximum Gasteiger partial charge on any atom is 0.214 e. The van der Waals surface area contributed by atoms with Gasteiger partial charge in [0.15, 0.2) is 0 Å². The van der Waals surface area contributed by atoms with E-state index in [-0.39, 0.29) is 11.8 Å². The average molecular weight is 234 g/mol. The molecule has 1 aliphatic rings. The molecule has 15 heavy (non-hydrogen) atoms. The van der Waals surface area contributed by atoms with E-state index in [9.17, 15) is 8.42 Å². The number of rotatable bonds is 4. The van der Waals surface area contributed by atoms with Crippen molar-refractivity contribution in [1.29, 1.82) is 0 Å². The largest absolute Gasteiger partial charge is 0.329 e. The van der Waals surface area contributed by atoms with Crippen LogP contribution in [0.15, 0.2) is 0 Å². The molecule has 0 bridgehead atoms. The molecule has 0 aliphatic carbocycles. The summed E-state index contributed by atoms with van der Waals surface area (Å²) in [6.45, 7) is 5.13. The number of nitrogens with two attached hydrogens (primary N) is 1. The van der Waals surface area contributed by atoms with Crippen LogP contribution < -0.4 is 5.73 Å². The molecule has 0 amide bonds. The predicted octanol–water partition coefficient (Wildman–Crippen LogP) is 0.785. The topological polar surface area (TPSA) is 63.4 Å². The van der Waals surface area contributed by atoms with E-state index in [0.717, 1.165) is 12.8 Å². The van der Waals surface area contributed by atoms with E-state index < -0.39 is 10.0 Å². The van der Waals surface area contributed by atoms with Crippen LogP contribution in [0.5, 0.6) is 0 Å². The molecule has 1 saturated heterocycles. The van der Waals surface area contributed by atoms with Gasteiger partial charge in [-0.05, 0) is 25.2 Å². The quantitative estimate of drug-likeness (QED) is 0.782. The van der Waals surface area contributed by atoms with Gasteiger partial charge in [0, 0.05) is 19.1 Å². The highest BCUT2D eigenvalue weighted by atomic mass is 32.2. The first kappa shape index (κ1) is 12.9. The van der Waals surface area contributed by atoms with E-state index >= 15 is 0 Å². The molecule has 0 radical (unpaired) electrons. The van der Waals surface area contributed by atoms with Gasteiger partial charge in [-0.3, -0.25) is 0 Å². The third-order valence-corrected chi connectivity index (χ3v) is 5.13. The van der Waals surface area contributed by atoms with Crippen molar-refractivity contribution in [2.24, 2.45) is 11.7 Å². The maximum absolute atomic E-state index is 11.9. The first-order valence-corrected chi connectivity index (χ1v) is 7.31. The summed E-state index contributed by atoms with van der Waals surface area (Å²) in [5.74, 6) is 0.837. The zero-order valence-corrected chi connectivity index (χ0v) is 10.5. The first-order chi connectivity index (χ1) is 7.01. The Kier molecular flexibility index (Phi) is 4.55. The molecule has 2 atom stereocenters. The second-order valence-corrected chi connectivity index (χ2v) is 6.49. The fourth-order valence-electron chi connectivity index (χ4n) is 2.19. The maximum atomic E-state index is 11.9. The van der Waals surface area contributed by atoms with E-state index in [4.69, 9.17) is 5.73 Å². The molecule has 0 saturated carbocycles. The second-order valence-electron chi connectivity index (χ2n) is 4.45. The van der Waals surface area contributed by atoms with Crippen LogP contribution in [0.1, 0.15) is 33.1 Å². The summed E-state index contributed by atoms with van der Waals surface area (Å²) in [5.41, 5.74) is 5.64. The van der Waals surface area contributed by atoms with Gasteiger partial charge in [0.2, 0.25) is 10.0 Å². The highest BCUT2D eigenvalue weighted by Gasteiger charge is 2.32. The summed E-state index contributed by atoms with van der Waals surface area (Å²) < 4.78 is 25.5. The normalized spacial score (nSPS) is 29.3. The van der Waals surface area contributed by atoms with Crippen LogP contribution in [0.25, 0.3) is 0 Å². The molecule has 2 N–H and O–H groups in total. The van der Waals surface area contributed by atoms with Crippen LogP contribution in [-0.4, -0.2) is 37.6 Å². The third-order valence-electron chi connectivity index (χ3n) is 3.02. The first-order valence-electron chi connectivity index (χ1n) is 5.70. The molecule has 90 valence electrons. The molecular formula is C10H22N2O2S. The molecular weight excluding hydrogens is 212 g/mol. The van der Waals surface area contributed by atoms with Crippen LogP contribution in [0.3, 0.4) is 0 Å². The van der Waals surface area contributed by atoms with E-state index in [1.807, 2.05) is 6.92 Å². The van der Waals surface area contributed by atoms with Gasteiger partial charge in [-0.15, -0.1) is 0 Å². The Labute approximate surface area is 92.9 Å². The Morgan fingerprint density at radius 3 is 2.67 bits per heavy atom. The van der Waals surface area contributed by atoms with E-state index in [2.05, 4.69) is 6.92 Å². The fourth-order valence-corrected chi connectivity index (χ4v) is 3.95. The lowest BCUT2D eigenvalue weighted by atomic mass is 9.94. The minimum atomic E-state index is -3.06. The minimum absolute atomic E-state index is 0.0188. The zero-order chi connectivity index (χ0) is 11.5. The van der Waals surface area contributed by atoms with E-state index in [1.54, 1.807) is 4.31 Å². The average Bonchev–Trinajstić information content (AvgIpc) is 2.17. The van der Waals surface area contributed by atoms with Crippen LogP contribution in [-0.2, 0) is 10.0 Å². The lowest BCUT2D eigenvalue weighted by Gasteiger charge is -2.36. The molecule has 2 unspecified atom stereocenters. The van der Waals surface area contributed by atoms with Crippen molar-refractivity contribution in [1.82, 2.24) is 4.31 Å². The summed E-state index contributed by atoms with van der Waals surface area (Å²) in [7, 11) is -3.06. The van der Waals surface area contributed by atoms with Crippen molar-refractivity contribution in [2.45, 2.75) is 39.2 Å². The monoisotopic (exact) mass is 234 g/mol. The van der Waals surface area contributed by atoms with Crippen LogP contribution >= 0.6 is 0 Å². The fraction of sp³-hybridized carbons (Fsp3) is 1.00. The molecule has 1 fully saturated rings. The van der Waals surface area contributed by atoms with Crippen molar-refractivity contribution in [2.75, 3.05) is 18.8 Å². The smallest absolute Gasteiger partial charge is 0.214 e. The second kappa shape index (κ2) is 5.27. The summed E-state index contributed by atoms with van der Waals surface area (Å²) >= 11 is 0. The van der Waals surface area contributed by atoms with Gasteiger partial charge in [0.25, 0.3) is 0 Å². The molecule has 0 aromatic rings. The highest BCUT2D eigenvalue weighted by molar-refractivity contribution is 7.89. The van der Waals surface area contributed by atoms with Crippen LogP contribution in [0, 0.1) is 5.92 Å². The third kappa shape index (κ3) is 3.16. The summed E-state index contributed by atoms with van der Waals surface area (Å²) in [4.78, 5) is 0. The molecule has 1 rings (SSSR count). The molecule has 0 spiro atoms. The number of hydrogen-bond acceptors (Lipinski definition) is 3. The van der Waals surface area contributed by atoms with Crippen LogP contribution in [0.4, 0.5) is 0 Å². The van der Waals surface area contributed by atoms with Crippen molar-refractivity contribution in [3.8, 4) is 0 Å². The molecule has 4 nitrogen and oxygen atoms in total. The van der Waals surface area contributed by atoms with Gasteiger partial charge in [-0.25, -0.2) is 8.42 Å². The molecule has 1 aliphatic heterocycles. The predicted molar refractivity (Wildman–Crippen MR) is 62.0 cm³/mol. The molecule has 0 aromatic carbocycles. The van der Waals surface area contributed by atoms with Crippen LogP contribution in [0.2, 0.25) is 0 Å². The van der Waals surface area contributed by atoms with Crippen molar-refractivity contribution in [3.05, 3.63) is 0 Å². The standard InChI is InChI=1S/C10H22N2O2S/c1-3-6-15(13,14)12-5-4-9(2)7-10(12)8-11/h9-10H,3-8,11H2,1-2H3. The van der Waals surface area contributed by atoms with Gasteiger partial charge >= 0.3 is 0 Å². The number of sulfonamides is 1. The van der Waals surface area contributed by atoms with E-state index in [0.29, 0.717) is 25.4 Å². The Hall–Kier alpha value is -0.130. The molecule has 5 heteroatoms.